The highest BCUT2D eigenvalue weighted by atomic mass is 35.5. The zero-order chi connectivity index (χ0) is 23.4. The van der Waals surface area contributed by atoms with E-state index in [9.17, 15) is 13.2 Å². The third-order valence-electron chi connectivity index (χ3n) is 5.61. The van der Waals surface area contributed by atoms with Crippen LogP contribution >= 0.6 is 11.6 Å². The minimum absolute atomic E-state index is 0.0689. The lowest BCUT2D eigenvalue weighted by molar-refractivity contribution is 0.0161. The molecule has 1 saturated heterocycles. The maximum Gasteiger partial charge on any atom is 0.287 e. The Hall–Kier alpha value is -2.65. The van der Waals surface area contributed by atoms with Crippen molar-refractivity contribution in [2.75, 3.05) is 32.8 Å². The minimum atomic E-state index is -3.85. The second-order valence-electron chi connectivity index (χ2n) is 7.83. The summed E-state index contributed by atoms with van der Waals surface area (Å²) in [6.07, 6.45) is 0. The van der Waals surface area contributed by atoms with Crippen LogP contribution < -0.4 is 5.32 Å². The monoisotopic (exact) mass is 488 g/mol. The van der Waals surface area contributed by atoms with Gasteiger partial charge in [0.25, 0.3) is 5.91 Å². The number of amides is 1. The highest BCUT2D eigenvalue weighted by Gasteiger charge is 2.27. The molecule has 0 saturated carbocycles. The summed E-state index contributed by atoms with van der Waals surface area (Å²) >= 11 is 6.44. The van der Waals surface area contributed by atoms with Crippen LogP contribution in [0.1, 0.15) is 27.7 Å². The Morgan fingerprint density at radius 2 is 1.76 bits per heavy atom. The van der Waals surface area contributed by atoms with Crippen molar-refractivity contribution >= 4 is 27.3 Å². The molecule has 1 unspecified atom stereocenters. The number of sulfone groups is 1. The van der Waals surface area contributed by atoms with Crippen LogP contribution in [0.2, 0.25) is 5.02 Å². The minimum Gasteiger partial charge on any atom is -0.439 e. The van der Waals surface area contributed by atoms with E-state index in [1.54, 1.807) is 12.1 Å². The average Bonchev–Trinajstić information content (AvgIpc) is 3.33. The number of carbonyl (C=O) groups is 1. The Morgan fingerprint density at radius 1 is 1.06 bits per heavy atom. The number of carbonyl (C=O) groups excluding carboxylic acids is 1. The molecule has 174 valence electrons. The smallest absolute Gasteiger partial charge is 0.287 e. The van der Waals surface area contributed by atoms with Gasteiger partial charge in [-0.3, -0.25) is 9.69 Å². The standard InChI is InChI=1S/C24H25ClN2O5S/c1-17-6-8-18(9-7-17)33(29,30)23-11-10-22(32-23)24(28)26-16-21(27-12-14-31-15-13-27)19-4-2-3-5-20(19)25/h2-11,21H,12-16H2,1H3,(H,26,28). The van der Waals surface area contributed by atoms with Crippen molar-refractivity contribution < 1.29 is 22.4 Å². The zero-order valence-electron chi connectivity index (χ0n) is 18.2. The fraction of sp³-hybridized carbons (Fsp3) is 0.292. The first-order valence-electron chi connectivity index (χ1n) is 10.6. The number of halogens is 1. The van der Waals surface area contributed by atoms with Gasteiger partial charge in [-0.2, -0.15) is 0 Å². The number of rotatable bonds is 7. The molecule has 7 nitrogen and oxygen atoms in total. The van der Waals surface area contributed by atoms with E-state index in [1.807, 2.05) is 31.2 Å². The summed E-state index contributed by atoms with van der Waals surface area (Å²) < 4.78 is 36.5. The predicted octanol–water partition coefficient (Wildman–Crippen LogP) is 3.88. The molecule has 1 atom stereocenters. The number of ether oxygens (including phenoxy) is 1. The Labute approximate surface area is 198 Å². The number of nitrogens with one attached hydrogen (secondary N) is 1. The molecule has 9 heteroatoms. The molecular weight excluding hydrogens is 464 g/mol. The molecular formula is C24H25ClN2O5S. The Morgan fingerprint density at radius 3 is 2.45 bits per heavy atom. The molecule has 0 radical (unpaired) electrons. The van der Waals surface area contributed by atoms with E-state index in [1.165, 1.54) is 24.3 Å². The van der Waals surface area contributed by atoms with E-state index >= 15 is 0 Å². The van der Waals surface area contributed by atoms with Crippen molar-refractivity contribution in [2.24, 2.45) is 0 Å². The van der Waals surface area contributed by atoms with E-state index in [-0.39, 0.29) is 28.3 Å². The van der Waals surface area contributed by atoms with E-state index in [0.717, 1.165) is 11.1 Å². The molecule has 2 aromatic carbocycles. The Kier molecular flexibility index (Phi) is 7.19. The van der Waals surface area contributed by atoms with Gasteiger partial charge in [0.2, 0.25) is 14.9 Å². The molecule has 1 N–H and O–H groups in total. The number of furan rings is 1. The maximum atomic E-state index is 12.8. The number of benzene rings is 2. The molecule has 1 amide bonds. The van der Waals surface area contributed by atoms with Gasteiger partial charge in [0, 0.05) is 24.7 Å². The van der Waals surface area contributed by atoms with Crippen LogP contribution in [-0.4, -0.2) is 52.1 Å². The SMILES string of the molecule is Cc1ccc(S(=O)(=O)c2ccc(C(=O)NCC(c3ccccc3Cl)N3CCOCC3)o2)cc1. The Bertz CT molecular complexity index is 1220. The molecule has 1 aliphatic rings. The van der Waals surface area contributed by atoms with Gasteiger partial charge in [-0.15, -0.1) is 0 Å². The summed E-state index contributed by atoms with van der Waals surface area (Å²) in [7, 11) is -3.85. The third kappa shape index (κ3) is 5.30. The van der Waals surface area contributed by atoms with Crippen LogP contribution in [0.15, 0.2) is 75.1 Å². The summed E-state index contributed by atoms with van der Waals surface area (Å²) in [6.45, 7) is 4.79. The number of hydrogen-bond acceptors (Lipinski definition) is 6. The number of hydrogen-bond donors (Lipinski definition) is 1. The van der Waals surface area contributed by atoms with Crippen LogP contribution in [-0.2, 0) is 14.6 Å². The van der Waals surface area contributed by atoms with Crippen molar-refractivity contribution in [1.29, 1.82) is 0 Å². The summed E-state index contributed by atoms with van der Waals surface area (Å²) in [4.78, 5) is 15.1. The summed E-state index contributed by atoms with van der Waals surface area (Å²) in [6, 6.07) is 16.5. The molecule has 4 rings (SSSR count). The van der Waals surface area contributed by atoms with Crippen molar-refractivity contribution in [3.8, 4) is 0 Å². The van der Waals surface area contributed by atoms with Gasteiger partial charge < -0.3 is 14.5 Å². The lowest BCUT2D eigenvalue weighted by atomic mass is 10.0. The van der Waals surface area contributed by atoms with E-state index in [0.29, 0.717) is 31.3 Å². The number of morpholine rings is 1. The average molecular weight is 489 g/mol. The zero-order valence-corrected chi connectivity index (χ0v) is 19.7. The first kappa shape index (κ1) is 23.5. The molecule has 1 fully saturated rings. The molecule has 1 aliphatic heterocycles. The molecule has 2 heterocycles. The molecule has 1 aromatic heterocycles. The molecule has 0 spiro atoms. The largest absolute Gasteiger partial charge is 0.439 e. The van der Waals surface area contributed by atoms with E-state index < -0.39 is 15.7 Å². The van der Waals surface area contributed by atoms with Crippen LogP contribution in [0.3, 0.4) is 0 Å². The molecule has 0 aliphatic carbocycles. The highest BCUT2D eigenvalue weighted by Crippen LogP contribution is 2.28. The Balaban J connectivity index is 1.50. The second kappa shape index (κ2) is 10.1. The third-order valence-corrected chi connectivity index (χ3v) is 7.59. The van der Waals surface area contributed by atoms with Crippen molar-refractivity contribution in [2.45, 2.75) is 23.0 Å². The van der Waals surface area contributed by atoms with Gasteiger partial charge in [-0.05, 0) is 42.8 Å². The molecule has 33 heavy (non-hydrogen) atoms. The van der Waals surface area contributed by atoms with E-state index in [4.69, 9.17) is 20.8 Å². The van der Waals surface area contributed by atoms with Crippen molar-refractivity contribution in [3.05, 3.63) is 82.6 Å². The normalized spacial score (nSPS) is 15.8. The van der Waals surface area contributed by atoms with Gasteiger partial charge in [0.15, 0.2) is 5.76 Å². The second-order valence-corrected chi connectivity index (χ2v) is 10.1. The van der Waals surface area contributed by atoms with Crippen LogP contribution in [0.4, 0.5) is 0 Å². The first-order chi connectivity index (χ1) is 15.9. The quantitative estimate of drug-likeness (QED) is 0.543. The van der Waals surface area contributed by atoms with Crippen molar-refractivity contribution in [1.82, 2.24) is 10.2 Å². The van der Waals surface area contributed by atoms with Crippen LogP contribution in [0.5, 0.6) is 0 Å². The highest BCUT2D eigenvalue weighted by molar-refractivity contribution is 7.91. The fourth-order valence-electron chi connectivity index (χ4n) is 3.77. The predicted molar refractivity (Wildman–Crippen MR) is 124 cm³/mol. The number of nitrogens with zero attached hydrogens (tertiary/aromatic N) is 1. The van der Waals surface area contributed by atoms with Gasteiger partial charge in [-0.25, -0.2) is 8.42 Å². The fourth-order valence-corrected chi connectivity index (χ4v) is 5.20. The van der Waals surface area contributed by atoms with Gasteiger partial charge in [-0.1, -0.05) is 47.5 Å². The maximum absolute atomic E-state index is 12.8. The van der Waals surface area contributed by atoms with E-state index in [2.05, 4.69) is 10.2 Å². The first-order valence-corrected chi connectivity index (χ1v) is 12.5. The molecule has 0 bridgehead atoms. The van der Waals surface area contributed by atoms with Crippen molar-refractivity contribution in [3.63, 3.8) is 0 Å². The summed E-state index contributed by atoms with van der Waals surface area (Å²) in [5, 5.41) is 3.21. The van der Waals surface area contributed by atoms with Gasteiger partial charge >= 0.3 is 0 Å². The summed E-state index contributed by atoms with van der Waals surface area (Å²) in [5.41, 5.74) is 1.85. The number of aryl methyl sites for hydroxylation is 1. The lowest BCUT2D eigenvalue weighted by Crippen LogP contribution is -2.43. The molecule has 3 aromatic rings. The van der Waals surface area contributed by atoms with Gasteiger partial charge in [0.05, 0.1) is 24.2 Å². The summed E-state index contributed by atoms with van der Waals surface area (Å²) in [5.74, 6) is -0.564. The van der Waals surface area contributed by atoms with Crippen LogP contribution in [0, 0.1) is 6.92 Å². The topological polar surface area (TPSA) is 88.9 Å². The lowest BCUT2D eigenvalue weighted by Gasteiger charge is -2.35. The van der Waals surface area contributed by atoms with Gasteiger partial charge in [0.1, 0.15) is 0 Å². The van der Waals surface area contributed by atoms with Crippen LogP contribution in [0.25, 0.3) is 0 Å².